The Kier molecular flexibility index (Phi) is 4.22. The van der Waals surface area contributed by atoms with Gasteiger partial charge in [-0.1, -0.05) is 12.8 Å². The van der Waals surface area contributed by atoms with Crippen LogP contribution in [-0.2, 0) is 9.59 Å². The van der Waals surface area contributed by atoms with Gasteiger partial charge in [-0.3, -0.25) is 9.59 Å². The van der Waals surface area contributed by atoms with Crippen LogP contribution in [0.2, 0.25) is 0 Å². The Morgan fingerprint density at radius 2 is 1.91 bits per heavy atom. The maximum absolute atomic E-state index is 11.7. The van der Waals surface area contributed by atoms with Crippen molar-refractivity contribution < 1.29 is 19.1 Å². The van der Waals surface area contributed by atoms with Gasteiger partial charge < -0.3 is 14.8 Å². The van der Waals surface area contributed by atoms with Crippen molar-refractivity contribution in [2.75, 3.05) is 6.79 Å². The van der Waals surface area contributed by atoms with E-state index in [1.54, 1.807) is 18.2 Å². The summed E-state index contributed by atoms with van der Waals surface area (Å²) < 4.78 is 10.4. The van der Waals surface area contributed by atoms with E-state index < -0.39 is 11.8 Å². The molecule has 22 heavy (non-hydrogen) atoms. The number of nitrogens with zero attached hydrogens (tertiary/aromatic N) is 1. The first-order chi connectivity index (χ1) is 10.7. The van der Waals surface area contributed by atoms with Crippen molar-refractivity contribution in [3.05, 3.63) is 23.8 Å². The quantitative estimate of drug-likeness (QED) is 0.494. The molecule has 1 aliphatic heterocycles. The molecule has 0 saturated heterocycles. The number of amides is 2. The van der Waals surface area contributed by atoms with Crippen LogP contribution in [0, 0.1) is 0 Å². The molecule has 3 rings (SSSR count). The van der Waals surface area contributed by atoms with Gasteiger partial charge in [0.05, 0.1) is 6.21 Å². The van der Waals surface area contributed by atoms with Crippen molar-refractivity contribution in [1.29, 1.82) is 0 Å². The lowest BCUT2D eigenvalue weighted by Gasteiger charge is -2.10. The highest BCUT2D eigenvalue weighted by atomic mass is 16.7. The number of benzene rings is 1. The zero-order valence-corrected chi connectivity index (χ0v) is 12.0. The second-order valence-corrected chi connectivity index (χ2v) is 5.27. The number of rotatable bonds is 3. The molecule has 1 aliphatic carbocycles. The molecule has 0 radical (unpaired) electrons. The highest BCUT2D eigenvalue weighted by Crippen LogP contribution is 2.31. The van der Waals surface area contributed by atoms with E-state index >= 15 is 0 Å². The zero-order chi connectivity index (χ0) is 15.4. The Hall–Kier alpha value is -2.57. The molecule has 7 heteroatoms. The topological polar surface area (TPSA) is 89.0 Å². The van der Waals surface area contributed by atoms with E-state index in [0.29, 0.717) is 11.5 Å². The molecule has 2 amide bonds. The molecule has 1 aromatic carbocycles. The monoisotopic (exact) mass is 303 g/mol. The smallest absolute Gasteiger partial charge is 0.329 e. The summed E-state index contributed by atoms with van der Waals surface area (Å²) in [5, 5.41) is 6.48. The molecule has 0 atom stereocenters. The third-order valence-corrected chi connectivity index (χ3v) is 3.67. The average Bonchev–Trinajstić information content (AvgIpc) is 3.17. The molecule has 2 N–H and O–H groups in total. The third kappa shape index (κ3) is 3.36. The van der Waals surface area contributed by atoms with Gasteiger partial charge in [0.2, 0.25) is 6.79 Å². The summed E-state index contributed by atoms with van der Waals surface area (Å²) in [4.78, 5) is 23.3. The summed E-state index contributed by atoms with van der Waals surface area (Å²) in [5.41, 5.74) is 2.96. The number of hydrogen-bond donors (Lipinski definition) is 2. The van der Waals surface area contributed by atoms with Gasteiger partial charge in [0.1, 0.15) is 0 Å². The van der Waals surface area contributed by atoms with Crippen molar-refractivity contribution in [2.45, 2.75) is 31.7 Å². The van der Waals surface area contributed by atoms with E-state index in [1.165, 1.54) is 6.21 Å². The Labute approximate surface area is 127 Å². The van der Waals surface area contributed by atoms with Crippen molar-refractivity contribution in [3.63, 3.8) is 0 Å². The number of hydrazone groups is 1. The normalized spacial score (nSPS) is 16.9. The molecular weight excluding hydrogens is 286 g/mol. The lowest BCUT2D eigenvalue weighted by Crippen LogP contribution is -2.42. The predicted octanol–water partition coefficient (Wildman–Crippen LogP) is 0.924. The van der Waals surface area contributed by atoms with Crippen LogP contribution in [-0.4, -0.2) is 30.9 Å². The van der Waals surface area contributed by atoms with Crippen LogP contribution in [0.1, 0.15) is 31.2 Å². The highest BCUT2D eigenvalue weighted by Gasteiger charge is 2.21. The zero-order valence-electron chi connectivity index (χ0n) is 12.0. The number of nitrogens with one attached hydrogen (secondary N) is 2. The van der Waals surface area contributed by atoms with Gasteiger partial charge in [0.25, 0.3) is 0 Å². The predicted molar refractivity (Wildman–Crippen MR) is 78.7 cm³/mol. The van der Waals surface area contributed by atoms with Crippen molar-refractivity contribution >= 4 is 18.0 Å². The minimum absolute atomic E-state index is 0.107. The van der Waals surface area contributed by atoms with Crippen LogP contribution >= 0.6 is 0 Å². The fraction of sp³-hybridized carbons (Fsp3) is 0.400. The van der Waals surface area contributed by atoms with Gasteiger partial charge in [-0.2, -0.15) is 5.10 Å². The Bertz CT molecular complexity index is 609. The summed E-state index contributed by atoms with van der Waals surface area (Å²) in [6.07, 6.45) is 5.49. The maximum Gasteiger partial charge on any atom is 0.329 e. The summed E-state index contributed by atoms with van der Waals surface area (Å²) in [5.74, 6) is -0.0926. The molecular formula is C15H17N3O4. The molecule has 0 bridgehead atoms. The van der Waals surface area contributed by atoms with Crippen LogP contribution in [0.15, 0.2) is 23.3 Å². The Morgan fingerprint density at radius 1 is 1.14 bits per heavy atom. The molecule has 0 aromatic heterocycles. The fourth-order valence-electron chi connectivity index (χ4n) is 2.53. The molecule has 0 spiro atoms. The highest BCUT2D eigenvalue weighted by molar-refractivity contribution is 6.35. The second-order valence-electron chi connectivity index (χ2n) is 5.27. The standard InChI is InChI=1S/C15H17N3O4/c19-14(17-11-3-1-2-4-11)15(20)18-16-8-10-5-6-12-13(7-10)22-9-21-12/h5-8,11H,1-4,9H2,(H,17,19)(H,18,20)/b16-8-. The van der Waals surface area contributed by atoms with E-state index in [9.17, 15) is 9.59 Å². The molecule has 7 nitrogen and oxygen atoms in total. The fourth-order valence-corrected chi connectivity index (χ4v) is 2.53. The number of hydrogen-bond acceptors (Lipinski definition) is 5. The van der Waals surface area contributed by atoms with Gasteiger partial charge >= 0.3 is 11.8 Å². The largest absolute Gasteiger partial charge is 0.454 e. The van der Waals surface area contributed by atoms with E-state index in [2.05, 4.69) is 15.8 Å². The van der Waals surface area contributed by atoms with E-state index in [1.807, 2.05) is 0 Å². The minimum Gasteiger partial charge on any atom is -0.454 e. The van der Waals surface area contributed by atoms with Gasteiger partial charge in [0, 0.05) is 6.04 Å². The number of fused-ring (bicyclic) bond motifs is 1. The van der Waals surface area contributed by atoms with Crippen molar-refractivity contribution in [2.24, 2.45) is 5.10 Å². The first kappa shape index (κ1) is 14.4. The average molecular weight is 303 g/mol. The molecule has 0 unspecified atom stereocenters. The molecule has 2 aliphatic rings. The minimum atomic E-state index is -0.760. The van der Waals surface area contributed by atoms with E-state index in [0.717, 1.165) is 31.2 Å². The SMILES string of the molecule is O=C(N/N=C\c1ccc2c(c1)OCO2)C(=O)NC1CCCC1. The van der Waals surface area contributed by atoms with Gasteiger partial charge in [-0.05, 0) is 36.6 Å². The van der Waals surface area contributed by atoms with E-state index in [-0.39, 0.29) is 12.8 Å². The van der Waals surface area contributed by atoms with Crippen LogP contribution in [0.4, 0.5) is 0 Å². The molecule has 116 valence electrons. The number of carbonyl (C=O) groups is 2. The summed E-state index contributed by atoms with van der Waals surface area (Å²) >= 11 is 0. The van der Waals surface area contributed by atoms with Crippen molar-refractivity contribution in [3.8, 4) is 11.5 Å². The molecule has 1 heterocycles. The van der Waals surface area contributed by atoms with Gasteiger partial charge in [-0.15, -0.1) is 0 Å². The van der Waals surface area contributed by atoms with Gasteiger partial charge in [-0.25, -0.2) is 5.43 Å². The molecule has 1 aromatic rings. The van der Waals surface area contributed by atoms with Crippen LogP contribution in [0.3, 0.4) is 0 Å². The van der Waals surface area contributed by atoms with Crippen LogP contribution in [0.5, 0.6) is 11.5 Å². The number of ether oxygens (including phenoxy) is 2. The van der Waals surface area contributed by atoms with E-state index in [4.69, 9.17) is 9.47 Å². The lowest BCUT2D eigenvalue weighted by molar-refractivity contribution is -0.139. The first-order valence-corrected chi connectivity index (χ1v) is 7.26. The second kappa shape index (κ2) is 6.46. The van der Waals surface area contributed by atoms with Gasteiger partial charge in [0.15, 0.2) is 11.5 Å². The summed E-state index contributed by atoms with van der Waals surface area (Å²) in [7, 11) is 0. The Balaban J connectivity index is 1.50. The molecule has 1 saturated carbocycles. The van der Waals surface area contributed by atoms with Crippen LogP contribution in [0.25, 0.3) is 0 Å². The number of carbonyl (C=O) groups excluding carboxylic acids is 2. The summed E-state index contributed by atoms with van der Waals surface area (Å²) in [6.45, 7) is 0.202. The van der Waals surface area contributed by atoms with Crippen LogP contribution < -0.4 is 20.2 Å². The first-order valence-electron chi connectivity index (χ1n) is 7.26. The molecule has 1 fully saturated rings. The Morgan fingerprint density at radius 3 is 2.73 bits per heavy atom. The van der Waals surface area contributed by atoms with Crippen molar-refractivity contribution in [1.82, 2.24) is 10.7 Å². The maximum atomic E-state index is 11.7. The lowest BCUT2D eigenvalue weighted by atomic mass is 10.2. The summed E-state index contributed by atoms with van der Waals surface area (Å²) in [6, 6.07) is 5.40. The third-order valence-electron chi connectivity index (χ3n) is 3.67.